The molecular formula is C10H11N3O2. The monoisotopic (exact) mass is 205 g/mol. The third-order valence-electron chi connectivity index (χ3n) is 2.36. The minimum Gasteiger partial charge on any atom is -0.475 e. The highest BCUT2D eigenvalue weighted by Crippen LogP contribution is 2.15. The van der Waals surface area contributed by atoms with Gasteiger partial charge in [0.1, 0.15) is 18.9 Å². The van der Waals surface area contributed by atoms with Crippen LogP contribution in [0.2, 0.25) is 0 Å². The molecule has 0 unspecified atom stereocenters. The van der Waals surface area contributed by atoms with Crippen LogP contribution in [0.4, 0.5) is 0 Å². The van der Waals surface area contributed by atoms with Gasteiger partial charge in [0.05, 0.1) is 18.7 Å². The average molecular weight is 205 g/mol. The van der Waals surface area contributed by atoms with Gasteiger partial charge in [-0.15, -0.1) is 0 Å². The Bertz CT molecular complexity index is 395. The molecule has 15 heavy (non-hydrogen) atoms. The third kappa shape index (κ3) is 1.40. The topological polar surface area (TPSA) is 59.0 Å². The summed E-state index contributed by atoms with van der Waals surface area (Å²) >= 11 is 0. The van der Waals surface area contributed by atoms with Crippen molar-refractivity contribution < 1.29 is 9.47 Å². The lowest BCUT2D eigenvalue weighted by molar-refractivity contribution is 0.344. The first-order valence-electron chi connectivity index (χ1n) is 4.98. The van der Waals surface area contributed by atoms with Crippen LogP contribution in [0.3, 0.4) is 0 Å². The lowest BCUT2D eigenvalue weighted by Crippen LogP contribution is -2.10. The van der Waals surface area contributed by atoms with E-state index in [0.29, 0.717) is 25.0 Å². The molecule has 0 fully saturated rings. The molecule has 0 amide bonds. The lowest BCUT2D eigenvalue weighted by atomic mass is 10.2. The number of aromatic nitrogens is 1. The van der Waals surface area contributed by atoms with Gasteiger partial charge in [-0.3, -0.25) is 0 Å². The number of rotatable bonds is 2. The SMILES string of the molecule is c1cc(C2=NCCO2)c(C2=NCCO2)[nH]1. The van der Waals surface area contributed by atoms with E-state index in [1.54, 1.807) is 0 Å². The molecule has 0 spiro atoms. The zero-order valence-corrected chi connectivity index (χ0v) is 8.19. The maximum atomic E-state index is 5.42. The molecule has 0 bridgehead atoms. The van der Waals surface area contributed by atoms with E-state index >= 15 is 0 Å². The molecule has 1 aromatic rings. The number of ether oxygens (including phenoxy) is 2. The first-order valence-corrected chi connectivity index (χ1v) is 4.98. The first kappa shape index (κ1) is 8.52. The van der Waals surface area contributed by atoms with E-state index in [2.05, 4.69) is 15.0 Å². The maximum absolute atomic E-state index is 5.42. The summed E-state index contributed by atoms with van der Waals surface area (Å²) < 4.78 is 10.8. The van der Waals surface area contributed by atoms with Gasteiger partial charge in [0.15, 0.2) is 0 Å². The Hall–Kier alpha value is -1.78. The summed E-state index contributed by atoms with van der Waals surface area (Å²) in [7, 11) is 0. The fourth-order valence-electron chi connectivity index (χ4n) is 1.71. The summed E-state index contributed by atoms with van der Waals surface area (Å²) in [6.45, 7) is 2.77. The van der Waals surface area contributed by atoms with Gasteiger partial charge in [-0.1, -0.05) is 0 Å². The molecule has 3 rings (SSSR count). The molecule has 1 aromatic heterocycles. The van der Waals surface area contributed by atoms with Crippen molar-refractivity contribution in [3.05, 3.63) is 23.5 Å². The smallest absolute Gasteiger partial charge is 0.234 e. The predicted molar refractivity (Wildman–Crippen MR) is 55.5 cm³/mol. The highest BCUT2D eigenvalue weighted by Gasteiger charge is 2.21. The van der Waals surface area contributed by atoms with E-state index in [4.69, 9.17) is 9.47 Å². The second-order valence-electron chi connectivity index (χ2n) is 3.34. The summed E-state index contributed by atoms with van der Waals surface area (Å²) in [5.74, 6) is 1.35. The van der Waals surface area contributed by atoms with Crippen LogP contribution in [-0.2, 0) is 9.47 Å². The van der Waals surface area contributed by atoms with Crippen LogP contribution in [0.5, 0.6) is 0 Å². The first-order chi connectivity index (χ1) is 7.45. The largest absolute Gasteiger partial charge is 0.475 e. The summed E-state index contributed by atoms with van der Waals surface area (Å²) in [6.07, 6.45) is 1.85. The number of aromatic amines is 1. The van der Waals surface area contributed by atoms with Crippen molar-refractivity contribution in [2.45, 2.75) is 0 Å². The zero-order valence-electron chi connectivity index (χ0n) is 8.19. The molecule has 0 saturated heterocycles. The van der Waals surface area contributed by atoms with Crippen molar-refractivity contribution in [1.82, 2.24) is 4.98 Å². The van der Waals surface area contributed by atoms with Gasteiger partial charge in [-0.05, 0) is 6.07 Å². The van der Waals surface area contributed by atoms with Gasteiger partial charge in [0.25, 0.3) is 0 Å². The van der Waals surface area contributed by atoms with Crippen LogP contribution in [0.15, 0.2) is 22.2 Å². The second-order valence-corrected chi connectivity index (χ2v) is 3.34. The minimum atomic E-state index is 0.654. The molecule has 2 aliphatic rings. The highest BCUT2D eigenvalue weighted by atomic mass is 16.5. The van der Waals surface area contributed by atoms with E-state index in [-0.39, 0.29) is 0 Å². The van der Waals surface area contributed by atoms with Crippen molar-refractivity contribution in [3.63, 3.8) is 0 Å². The quantitative estimate of drug-likeness (QED) is 0.767. The van der Waals surface area contributed by atoms with Gasteiger partial charge >= 0.3 is 0 Å². The van der Waals surface area contributed by atoms with Crippen molar-refractivity contribution in [3.8, 4) is 0 Å². The van der Waals surface area contributed by atoms with E-state index in [1.807, 2.05) is 12.3 Å². The van der Waals surface area contributed by atoms with E-state index in [9.17, 15) is 0 Å². The molecule has 2 aliphatic heterocycles. The molecule has 0 aliphatic carbocycles. The van der Waals surface area contributed by atoms with Crippen molar-refractivity contribution >= 4 is 11.8 Å². The zero-order chi connectivity index (χ0) is 10.1. The fourth-order valence-corrected chi connectivity index (χ4v) is 1.71. The lowest BCUT2D eigenvalue weighted by Gasteiger charge is -2.03. The molecule has 3 heterocycles. The number of aliphatic imine (C=N–C) groups is 2. The van der Waals surface area contributed by atoms with Crippen molar-refractivity contribution in [2.24, 2.45) is 9.98 Å². The average Bonchev–Trinajstić information content (AvgIpc) is 3.01. The van der Waals surface area contributed by atoms with Crippen LogP contribution in [-0.4, -0.2) is 43.1 Å². The molecule has 78 valence electrons. The Morgan fingerprint density at radius 3 is 2.47 bits per heavy atom. The Kier molecular flexibility index (Phi) is 1.94. The highest BCUT2D eigenvalue weighted by molar-refractivity contribution is 6.06. The molecule has 0 saturated carbocycles. The van der Waals surface area contributed by atoms with Crippen LogP contribution in [0, 0.1) is 0 Å². The normalized spacial score (nSPS) is 19.5. The molecule has 0 aromatic carbocycles. The number of nitrogens with one attached hydrogen (secondary N) is 1. The van der Waals surface area contributed by atoms with E-state index < -0.39 is 0 Å². The summed E-state index contributed by atoms with van der Waals surface area (Å²) in [4.78, 5) is 11.6. The Labute approximate surface area is 86.8 Å². The van der Waals surface area contributed by atoms with Gasteiger partial charge in [0.2, 0.25) is 11.8 Å². The molecule has 5 heteroatoms. The molecule has 1 N–H and O–H groups in total. The number of nitrogens with zero attached hydrogens (tertiary/aromatic N) is 2. The Morgan fingerprint density at radius 2 is 1.80 bits per heavy atom. The van der Waals surface area contributed by atoms with E-state index in [0.717, 1.165) is 24.3 Å². The van der Waals surface area contributed by atoms with Gasteiger partial charge in [-0.25, -0.2) is 9.98 Å². The molecular weight excluding hydrogens is 194 g/mol. The maximum Gasteiger partial charge on any atom is 0.234 e. The van der Waals surface area contributed by atoms with Gasteiger partial charge < -0.3 is 14.5 Å². The standard InChI is InChI=1S/C10H11N3O2/c1-2-11-8(10-13-4-6-15-10)7(1)9-12-3-5-14-9/h1-2,11H,3-6H2. The fraction of sp³-hybridized carbons (Fsp3) is 0.400. The van der Waals surface area contributed by atoms with Gasteiger partial charge in [0, 0.05) is 6.20 Å². The Morgan fingerprint density at radius 1 is 1.07 bits per heavy atom. The second kappa shape index (κ2) is 3.42. The van der Waals surface area contributed by atoms with Crippen LogP contribution in [0.1, 0.15) is 11.3 Å². The summed E-state index contributed by atoms with van der Waals surface area (Å²) in [5.41, 5.74) is 1.81. The van der Waals surface area contributed by atoms with Gasteiger partial charge in [-0.2, -0.15) is 0 Å². The molecule has 5 nitrogen and oxygen atoms in total. The van der Waals surface area contributed by atoms with Crippen molar-refractivity contribution in [2.75, 3.05) is 26.3 Å². The minimum absolute atomic E-state index is 0.654. The summed E-state index contributed by atoms with van der Waals surface area (Å²) in [5, 5.41) is 0. The van der Waals surface area contributed by atoms with Crippen LogP contribution < -0.4 is 0 Å². The predicted octanol–water partition coefficient (Wildman–Crippen LogP) is 0.568. The van der Waals surface area contributed by atoms with Crippen molar-refractivity contribution in [1.29, 1.82) is 0 Å². The summed E-state index contributed by atoms with van der Waals surface area (Å²) in [6, 6.07) is 1.93. The van der Waals surface area contributed by atoms with Crippen LogP contribution in [0.25, 0.3) is 0 Å². The number of H-pyrrole nitrogens is 1. The molecule has 0 atom stereocenters. The number of hydrogen-bond donors (Lipinski definition) is 1. The molecule has 0 radical (unpaired) electrons. The third-order valence-corrected chi connectivity index (χ3v) is 2.36. The van der Waals surface area contributed by atoms with E-state index in [1.165, 1.54) is 0 Å². The Balaban J connectivity index is 1.98. The van der Waals surface area contributed by atoms with Crippen LogP contribution >= 0.6 is 0 Å². The number of hydrogen-bond acceptors (Lipinski definition) is 4.